The third-order valence-corrected chi connectivity index (χ3v) is 4.73. The zero-order valence-electron chi connectivity index (χ0n) is 15.5. The number of hydrogen-bond donors (Lipinski definition) is 2. The average Bonchev–Trinajstić information content (AvgIpc) is 2.71. The van der Waals surface area contributed by atoms with Gasteiger partial charge >= 0.3 is 11.8 Å². The van der Waals surface area contributed by atoms with Crippen LogP contribution >= 0.6 is 0 Å². The first kappa shape index (κ1) is 18.9. The van der Waals surface area contributed by atoms with E-state index in [-0.39, 0.29) is 6.04 Å². The van der Waals surface area contributed by atoms with Crippen molar-refractivity contribution in [2.75, 3.05) is 25.5 Å². The number of methoxy groups -OCH3 is 1. The van der Waals surface area contributed by atoms with Crippen molar-refractivity contribution in [1.82, 2.24) is 10.2 Å². The smallest absolute Gasteiger partial charge is 0.313 e. The Balaban J connectivity index is 1.42. The summed E-state index contributed by atoms with van der Waals surface area (Å²) in [6, 6.07) is 17.3. The molecule has 142 valence electrons. The number of hydrogen-bond acceptors (Lipinski definition) is 4. The molecule has 2 aromatic carbocycles. The molecule has 0 atom stereocenters. The lowest BCUT2D eigenvalue weighted by molar-refractivity contribution is -0.136. The summed E-state index contributed by atoms with van der Waals surface area (Å²) < 4.78 is 5.07. The lowest BCUT2D eigenvalue weighted by Crippen LogP contribution is -2.47. The summed E-state index contributed by atoms with van der Waals surface area (Å²) in [6.45, 7) is 2.72. The first-order valence-electron chi connectivity index (χ1n) is 9.16. The third kappa shape index (κ3) is 5.56. The maximum Gasteiger partial charge on any atom is 0.313 e. The van der Waals surface area contributed by atoms with Gasteiger partial charge in [0.05, 0.1) is 7.11 Å². The highest BCUT2D eigenvalue weighted by Crippen LogP contribution is 2.16. The van der Waals surface area contributed by atoms with Crippen LogP contribution in [0.4, 0.5) is 5.69 Å². The van der Waals surface area contributed by atoms with Crippen molar-refractivity contribution in [3.63, 3.8) is 0 Å². The van der Waals surface area contributed by atoms with Crippen LogP contribution in [-0.4, -0.2) is 43.0 Å². The molecule has 6 heteroatoms. The number of rotatable bonds is 5. The van der Waals surface area contributed by atoms with Gasteiger partial charge < -0.3 is 15.4 Å². The maximum absolute atomic E-state index is 12.1. The highest BCUT2D eigenvalue weighted by Gasteiger charge is 2.23. The van der Waals surface area contributed by atoms with E-state index in [0.717, 1.165) is 32.5 Å². The van der Waals surface area contributed by atoms with Crippen LogP contribution in [0.2, 0.25) is 0 Å². The molecule has 27 heavy (non-hydrogen) atoms. The molecule has 2 amide bonds. The van der Waals surface area contributed by atoms with Crippen LogP contribution < -0.4 is 15.4 Å². The molecule has 0 aromatic heterocycles. The van der Waals surface area contributed by atoms with E-state index < -0.39 is 11.8 Å². The second kappa shape index (κ2) is 9.19. The van der Waals surface area contributed by atoms with Crippen molar-refractivity contribution >= 4 is 17.5 Å². The third-order valence-electron chi connectivity index (χ3n) is 4.73. The molecular formula is C21H25N3O3. The lowest BCUT2D eigenvalue weighted by Gasteiger charge is -2.32. The predicted molar refractivity (Wildman–Crippen MR) is 105 cm³/mol. The summed E-state index contributed by atoms with van der Waals surface area (Å²) in [4.78, 5) is 26.6. The summed E-state index contributed by atoms with van der Waals surface area (Å²) in [5.41, 5.74) is 1.85. The molecule has 1 aliphatic rings. The Labute approximate surface area is 159 Å². The van der Waals surface area contributed by atoms with Gasteiger partial charge in [0.25, 0.3) is 0 Å². The van der Waals surface area contributed by atoms with Crippen molar-refractivity contribution < 1.29 is 14.3 Å². The van der Waals surface area contributed by atoms with Crippen LogP contribution in [0.1, 0.15) is 18.4 Å². The van der Waals surface area contributed by atoms with Gasteiger partial charge in [-0.05, 0) is 42.7 Å². The van der Waals surface area contributed by atoms with Crippen LogP contribution in [0, 0.1) is 0 Å². The molecule has 3 rings (SSSR count). The molecule has 1 saturated heterocycles. The fraction of sp³-hybridized carbons (Fsp3) is 0.333. The molecule has 2 N–H and O–H groups in total. The van der Waals surface area contributed by atoms with Crippen molar-refractivity contribution in [3.05, 3.63) is 60.2 Å². The van der Waals surface area contributed by atoms with E-state index in [1.54, 1.807) is 31.4 Å². The van der Waals surface area contributed by atoms with Gasteiger partial charge in [-0.1, -0.05) is 30.3 Å². The fourth-order valence-electron chi connectivity index (χ4n) is 3.19. The largest absolute Gasteiger partial charge is 0.497 e. The Hall–Kier alpha value is -2.86. The normalized spacial score (nSPS) is 15.1. The fourth-order valence-corrected chi connectivity index (χ4v) is 3.19. The Bertz CT molecular complexity index is 754. The van der Waals surface area contributed by atoms with Crippen molar-refractivity contribution in [3.8, 4) is 5.75 Å². The van der Waals surface area contributed by atoms with E-state index in [2.05, 4.69) is 27.7 Å². The second-order valence-corrected chi connectivity index (χ2v) is 6.69. The molecule has 0 radical (unpaired) electrons. The molecule has 1 aliphatic heterocycles. The highest BCUT2D eigenvalue weighted by molar-refractivity contribution is 6.39. The van der Waals surface area contributed by atoms with E-state index in [1.807, 2.05) is 18.2 Å². The summed E-state index contributed by atoms with van der Waals surface area (Å²) in [6.07, 6.45) is 1.68. The maximum atomic E-state index is 12.1. The molecule has 1 heterocycles. The summed E-state index contributed by atoms with van der Waals surface area (Å²) in [7, 11) is 1.58. The van der Waals surface area contributed by atoms with Crippen LogP contribution in [-0.2, 0) is 16.1 Å². The number of piperidine rings is 1. The van der Waals surface area contributed by atoms with Crippen molar-refractivity contribution in [1.29, 1.82) is 0 Å². The lowest BCUT2D eigenvalue weighted by atomic mass is 10.0. The van der Waals surface area contributed by atoms with Gasteiger partial charge in [0.1, 0.15) is 5.75 Å². The summed E-state index contributed by atoms with van der Waals surface area (Å²) in [5, 5.41) is 5.45. The van der Waals surface area contributed by atoms with E-state index >= 15 is 0 Å². The highest BCUT2D eigenvalue weighted by atomic mass is 16.5. The minimum absolute atomic E-state index is 0.0335. The number of amides is 2. The first-order valence-corrected chi connectivity index (χ1v) is 9.16. The molecule has 0 bridgehead atoms. The summed E-state index contributed by atoms with van der Waals surface area (Å²) >= 11 is 0. The SMILES string of the molecule is COc1ccc(NC(=O)C(=O)NC2CCN(Cc3ccccc3)CC2)cc1. The first-order chi connectivity index (χ1) is 13.1. The van der Waals surface area contributed by atoms with E-state index in [4.69, 9.17) is 4.74 Å². The number of likely N-dealkylation sites (tertiary alicyclic amines) is 1. The van der Waals surface area contributed by atoms with Gasteiger partial charge in [-0.15, -0.1) is 0 Å². The topological polar surface area (TPSA) is 70.7 Å². The van der Waals surface area contributed by atoms with Gasteiger partial charge in [-0.3, -0.25) is 14.5 Å². The second-order valence-electron chi connectivity index (χ2n) is 6.69. The predicted octanol–water partition coefficient (Wildman–Crippen LogP) is 2.41. The van der Waals surface area contributed by atoms with Gasteiger partial charge in [0.2, 0.25) is 0 Å². The molecule has 0 saturated carbocycles. The van der Waals surface area contributed by atoms with Crippen LogP contribution in [0.5, 0.6) is 5.75 Å². The Morgan fingerprint density at radius 2 is 1.67 bits per heavy atom. The standard InChI is InChI=1S/C21H25N3O3/c1-27-19-9-7-17(8-10-19)22-20(25)21(26)23-18-11-13-24(14-12-18)15-16-5-3-2-4-6-16/h2-10,18H,11-15H2,1H3,(H,22,25)(H,23,26). The van der Waals surface area contributed by atoms with Gasteiger partial charge in [-0.25, -0.2) is 0 Å². The Morgan fingerprint density at radius 1 is 1.00 bits per heavy atom. The van der Waals surface area contributed by atoms with E-state index in [9.17, 15) is 9.59 Å². The number of nitrogens with one attached hydrogen (secondary N) is 2. The molecule has 2 aromatic rings. The van der Waals surface area contributed by atoms with E-state index in [1.165, 1.54) is 5.56 Å². The van der Waals surface area contributed by atoms with E-state index in [0.29, 0.717) is 11.4 Å². The number of nitrogens with zero attached hydrogens (tertiary/aromatic N) is 1. The average molecular weight is 367 g/mol. The molecule has 6 nitrogen and oxygen atoms in total. The Morgan fingerprint density at radius 3 is 2.30 bits per heavy atom. The number of anilines is 1. The van der Waals surface area contributed by atoms with Crippen molar-refractivity contribution in [2.45, 2.75) is 25.4 Å². The van der Waals surface area contributed by atoms with Crippen LogP contribution in [0.15, 0.2) is 54.6 Å². The zero-order valence-corrected chi connectivity index (χ0v) is 15.5. The number of carbonyl (C=O) groups is 2. The van der Waals surface area contributed by atoms with Crippen LogP contribution in [0.25, 0.3) is 0 Å². The van der Waals surface area contributed by atoms with Gasteiger partial charge in [0.15, 0.2) is 0 Å². The molecule has 1 fully saturated rings. The van der Waals surface area contributed by atoms with Crippen molar-refractivity contribution in [2.24, 2.45) is 0 Å². The minimum atomic E-state index is -0.646. The molecule has 0 unspecified atom stereocenters. The zero-order chi connectivity index (χ0) is 19.1. The number of carbonyl (C=O) groups excluding carboxylic acids is 2. The molecular weight excluding hydrogens is 342 g/mol. The Kier molecular flexibility index (Phi) is 6.44. The number of benzene rings is 2. The van der Waals surface area contributed by atoms with Crippen LogP contribution in [0.3, 0.4) is 0 Å². The van der Waals surface area contributed by atoms with Gasteiger partial charge in [-0.2, -0.15) is 0 Å². The minimum Gasteiger partial charge on any atom is -0.497 e. The van der Waals surface area contributed by atoms with Gasteiger partial charge in [0, 0.05) is 31.4 Å². The number of ether oxygens (including phenoxy) is 1. The molecule has 0 spiro atoms. The monoisotopic (exact) mass is 367 g/mol. The summed E-state index contributed by atoms with van der Waals surface area (Å²) in [5.74, 6) is -0.543. The quantitative estimate of drug-likeness (QED) is 0.797. The molecule has 0 aliphatic carbocycles.